The highest BCUT2D eigenvalue weighted by molar-refractivity contribution is 5.71. The quantitative estimate of drug-likeness (QED) is 0.0996. The highest BCUT2D eigenvalue weighted by atomic mass is 16.6. The van der Waals surface area contributed by atoms with Gasteiger partial charge in [0.25, 0.3) is 5.69 Å². The summed E-state index contributed by atoms with van der Waals surface area (Å²) in [6.45, 7) is 13.7. The molecule has 0 aliphatic rings. The van der Waals surface area contributed by atoms with Gasteiger partial charge in [0, 0.05) is 12.1 Å². The molecule has 2 aromatic rings. The molecule has 39 heavy (non-hydrogen) atoms. The number of nitro benzene ring substituents is 1. The van der Waals surface area contributed by atoms with Crippen LogP contribution in [0.25, 0.3) is 12.2 Å². The van der Waals surface area contributed by atoms with Crippen LogP contribution in [0.2, 0.25) is 0 Å². The van der Waals surface area contributed by atoms with Crippen LogP contribution in [0.1, 0.15) is 78.4 Å². The molecule has 5 nitrogen and oxygen atoms in total. The molecule has 0 aliphatic carbocycles. The predicted octanol–water partition coefficient (Wildman–Crippen LogP) is 9.91. The predicted molar refractivity (Wildman–Crippen MR) is 164 cm³/mol. The van der Waals surface area contributed by atoms with Crippen LogP contribution >= 0.6 is 0 Å². The van der Waals surface area contributed by atoms with Crippen molar-refractivity contribution in [3.05, 3.63) is 110 Å². The van der Waals surface area contributed by atoms with Gasteiger partial charge in [-0.25, -0.2) is 0 Å². The van der Waals surface area contributed by atoms with Crippen molar-refractivity contribution in [3.8, 4) is 11.5 Å². The minimum Gasteiger partial charge on any atom is -0.486 e. The summed E-state index contributed by atoms with van der Waals surface area (Å²) >= 11 is 0. The Balaban J connectivity index is 2.14. The molecule has 0 unspecified atom stereocenters. The Bertz CT molecular complexity index is 1220. The highest BCUT2D eigenvalue weighted by Gasteiger charge is 2.07. The SMILES string of the molecule is CC(C)=CCC/C(C)=C/COc1ccc(/C=C/c2ccc([N+](=O)[O-])cc2)cc1OC/C=C(\C)CCC=C(C)C. The maximum atomic E-state index is 10.9. The van der Waals surface area contributed by atoms with Gasteiger partial charge in [-0.2, -0.15) is 0 Å². The van der Waals surface area contributed by atoms with Crippen LogP contribution in [-0.4, -0.2) is 18.1 Å². The fourth-order valence-electron chi connectivity index (χ4n) is 3.69. The second-order valence-electron chi connectivity index (χ2n) is 10.3. The lowest BCUT2D eigenvalue weighted by atomic mass is 10.1. The Morgan fingerprint density at radius 3 is 1.69 bits per heavy atom. The Kier molecular flexibility index (Phi) is 13.6. The van der Waals surface area contributed by atoms with Gasteiger partial charge in [0.15, 0.2) is 11.5 Å². The number of nitro groups is 1. The van der Waals surface area contributed by atoms with E-state index < -0.39 is 4.92 Å². The molecule has 0 saturated carbocycles. The topological polar surface area (TPSA) is 61.6 Å². The fourth-order valence-corrected chi connectivity index (χ4v) is 3.69. The number of hydrogen-bond donors (Lipinski definition) is 0. The second kappa shape index (κ2) is 16.9. The molecule has 5 heteroatoms. The van der Waals surface area contributed by atoms with Crippen molar-refractivity contribution >= 4 is 17.8 Å². The third-order valence-electron chi connectivity index (χ3n) is 6.06. The Labute approximate surface area is 234 Å². The molecule has 0 fully saturated rings. The number of benzene rings is 2. The largest absolute Gasteiger partial charge is 0.486 e. The first-order valence-electron chi connectivity index (χ1n) is 13.5. The van der Waals surface area contributed by atoms with E-state index in [1.165, 1.54) is 34.4 Å². The van der Waals surface area contributed by atoms with Crippen LogP contribution in [-0.2, 0) is 0 Å². The van der Waals surface area contributed by atoms with Crippen molar-refractivity contribution in [1.82, 2.24) is 0 Å². The number of non-ortho nitro benzene ring substituents is 1. The van der Waals surface area contributed by atoms with Crippen LogP contribution in [0.4, 0.5) is 5.69 Å². The molecule has 0 atom stereocenters. The van der Waals surface area contributed by atoms with Crippen molar-refractivity contribution < 1.29 is 14.4 Å². The van der Waals surface area contributed by atoms with Crippen LogP contribution in [0.5, 0.6) is 11.5 Å². The molecule has 208 valence electrons. The van der Waals surface area contributed by atoms with E-state index in [2.05, 4.69) is 65.8 Å². The number of allylic oxidation sites excluding steroid dienone is 6. The Morgan fingerprint density at radius 2 is 1.18 bits per heavy atom. The Morgan fingerprint density at radius 1 is 0.692 bits per heavy atom. The van der Waals surface area contributed by atoms with Crippen LogP contribution in [0, 0.1) is 10.1 Å². The molecular weight excluding hydrogens is 486 g/mol. The van der Waals surface area contributed by atoms with Crippen LogP contribution in [0.15, 0.2) is 89.1 Å². The maximum absolute atomic E-state index is 10.9. The molecule has 0 bridgehead atoms. The fraction of sp³-hybridized carbons (Fsp3) is 0.353. The molecule has 2 rings (SSSR count). The molecule has 0 aromatic heterocycles. The van der Waals surface area contributed by atoms with Crippen molar-refractivity contribution in [1.29, 1.82) is 0 Å². The van der Waals surface area contributed by atoms with Gasteiger partial charge >= 0.3 is 0 Å². The number of ether oxygens (including phenoxy) is 2. The third-order valence-corrected chi connectivity index (χ3v) is 6.06. The van der Waals surface area contributed by atoms with Gasteiger partial charge in [-0.3, -0.25) is 10.1 Å². The molecule has 0 saturated heterocycles. The van der Waals surface area contributed by atoms with Gasteiger partial charge < -0.3 is 9.47 Å². The van der Waals surface area contributed by atoms with E-state index in [1.54, 1.807) is 12.1 Å². The van der Waals surface area contributed by atoms with E-state index in [-0.39, 0.29) is 5.69 Å². The molecule has 0 spiro atoms. The van der Waals surface area contributed by atoms with Crippen LogP contribution < -0.4 is 9.47 Å². The molecule has 0 N–H and O–H groups in total. The molecular formula is C34H43NO4. The van der Waals surface area contributed by atoms with E-state index in [0.29, 0.717) is 24.7 Å². The smallest absolute Gasteiger partial charge is 0.269 e. The Hall–Kier alpha value is -3.86. The first-order chi connectivity index (χ1) is 18.6. The van der Waals surface area contributed by atoms with E-state index in [9.17, 15) is 10.1 Å². The molecule has 0 amide bonds. The average Bonchev–Trinajstić information content (AvgIpc) is 2.88. The number of nitrogens with zero attached hydrogens (tertiary/aromatic N) is 1. The summed E-state index contributed by atoms with van der Waals surface area (Å²) in [6, 6.07) is 12.4. The molecule has 2 aromatic carbocycles. The van der Waals surface area contributed by atoms with E-state index in [1.807, 2.05) is 30.4 Å². The van der Waals surface area contributed by atoms with E-state index >= 15 is 0 Å². The zero-order valence-corrected chi connectivity index (χ0v) is 24.3. The van der Waals surface area contributed by atoms with E-state index in [0.717, 1.165) is 36.8 Å². The summed E-state index contributed by atoms with van der Waals surface area (Å²) in [7, 11) is 0. The lowest BCUT2D eigenvalue weighted by Gasteiger charge is -2.13. The summed E-state index contributed by atoms with van der Waals surface area (Å²) < 4.78 is 12.3. The summed E-state index contributed by atoms with van der Waals surface area (Å²) in [5.41, 5.74) is 7.17. The maximum Gasteiger partial charge on any atom is 0.269 e. The van der Waals surface area contributed by atoms with Crippen molar-refractivity contribution in [2.24, 2.45) is 0 Å². The number of hydrogen-bond acceptors (Lipinski definition) is 4. The average molecular weight is 530 g/mol. The van der Waals surface area contributed by atoms with Gasteiger partial charge in [0.05, 0.1) is 4.92 Å². The molecule has 0 radical (unpaired) electrons. The normalized spacial score (nSPS) is 11.8. The zero-order chi connectivity index (χ0) is 28.6. The van der Waals surface area contributed by atoms with E-state index in [4.69, 9.17) is 9.47 Å². The lowest BCUT2D eigenvalue weighted by molar-refractivity contribution is -0.384. The standard InChI is InChI=1S/C34H43NO4/c1-26(2)9-7-11-28(5)21-23-38-33-20-17-31(14-13-30-15-18-32(19-16-30)35(36)37)25-34(33)39-24-22-29(6)12-8-10-27(3)4/h9-10,13-22,25H,7-8,11-12,23-24H2,1-6H3/b14-13+,28-21+,29-22+. The summed E-state index contributed by atoms with van der Waals surface area (Å²) in [4.78, 5) is 10.5. The molecule has 0 heterocycles. The van der Waals surface area contributed by atoms with Crippen LogP contribution in [0.3, 0.4) is 0 Å². The summed E-state index contributed by atoms with van der Waals surface area (Å²) in [6.07, 6.45) is 16.7. The van der Waals surface area contributed by atoms with Crippen molar-refractivity contribution in [2.75, 3.05) is 13.2 Å². The van der Waals surface area contributed by atoms with Gasteiger partial charge in [-0.1, -0.05) is 52.7 Å². The number of rotatable bonds is 15. The summed E-state index contributed by atoms with van der Waals surface area (Å²) in [5.74, 6) is 1.39. The second-order valence-corrected chi connectivity index (χ2v) is 10.3. The van der Waals surface area contributed by atoms with Gasteiger partial charge in [-0.15, -0.1) is 0 Å². The summed E-state index contributed by atoms with van der Waals surface area (Å²) in [5, 5.41) is 10.9. The lowest BCUT2D eigenvalue weighted by Crippen LogP contribution is -2.01. The van der Waals surface area contributed by atoms with Crippen molar-refractivity contribution in [2.45, 2.75) is 67.2 Å². The zero-order valence-electron chi connectivity index (χ0n) is 24.3. The third kappa shape index (κ3) is 13.0. The van der Waals surface area contributed by atoms with Gasteiger partial charge in [-0.05, 0) is 115 Å². The molecule has 0 aliphatic heterocycles. The van der Waals surface area contributed by atoms with Gasteiger partial charge in [0.1, 0.15) is 13.2 Å². The first-order valence-corrected chi connectivity index (χ1v) is 13.5. The van der Waals surface area contributed by atoms with Gasteiger partial charge in [0.2, 0.25) is 0 Å². The van der Waals surface area contributed by atoms with Crippen molar-refractivity contribution in [3.63, 3.8) is 0 Å². The minimum atomic E-state index is -0.395. The monoisotopic (exact) mass is 529 g/mol. The highest BCUT2D eigenvalue weighted by Crippen LogP contribution is 2.30. The minimum absolute atomic E-state index is 0.0785. The first kappa shape index (κ1) is 31.4.